The van der Waals surface area contributed by atoms with Crippen LogP contribution in [0.3, 0.4) is 0 Å². The van der Waals surface area contributed by atoms with Crippen molar-refractivity contribution in [2.45, 2.75) is 77.9 Å². The van der Waals surface area contributed by atoms with Crippen LogP contribution in [-0.4, -0.2) is 35.6 Å². The molecule has 0 aromatic carbocycles. The van der Waals surface area contributed by atoms with Gasteiger partial charge in [0.05, 0.1) is 0 Å². The Kier molecular flexibility index (Phi) is 4.38. The highest BCUT2D eigenvalue weighted by molar-refractivity contribution is 5.03. The van der Waals surface area contributed by atoms with E-state index in [0.717, 1.165) is 17.9 Å². The zero-order valence-corrected chi connectivity index (χ0v) is 13.0. The molecule has 1 N–H and O–H groups in total. The quantitative estimate of drug-likeness (QED) is 0.826. The lowest BCUT2D eigenvalue weighted by Gasteiger charge is -2.57. The lowest BCUT2D eigenvalue weighted by Crippen LogP contribution is -2.68. The third-order valence-electron chi connectivity index (χ3n) is 5.51. The largest absolute Gasteiger partial charge is 0.311 e. The Morgan fingerprint density at radius 1 is 1.17 bits per heavy atom. The molecule has 2 rings (SSSR count). The number of hydrogen-bond acceptors (Lipinski definition) is 2. The van der Waals surface area contributed by atoms with Gasteiger partial charge in [0.15, 0.2) is 0 Å². The summed E-state index contributed by atoms with van der Waals surface area (Å²) in [5.74, 6) is 1.50. The summed E-state index contributed by atoms with van der Waals surface area (Å²) in [4.78, 5) is 2.89. The Hall–Kier alpha value is -0.0800. The minimum absolute atomic E-state index is 0.546. The van der Waals surface area contributed by atoms with E-state index >= 15 is 0 Å². The van der Waals surface area contributed by atoms with Crippen LogP contribution in [-0.2, 0) is 0 Å². The van der Waals surface area contributed by atoms with Crippen LogP contribution in [0.2, 0.25) is 0 Å². The highest BCUT2D eigenvalue weighted by atomic mass is 15.3. The van der Waals surface area contributed by atoms with Crippen LogP contribution in [0.15, 0.2) is 0 Å². The van der Waals surface area contributed by atoms with Crippen molar-refractivity contribution >= 4 is 0 Å². The molecule has 1 aliphatic heterocycles. The van der Waals surface area contributed by atoms with Gasteiger partial charge < -0.3 is 5.32 Å². The van der Waals surface area contributed by atoms with Crippen molar-refractivity contribution in [2.24, 2.45) is 11.8 Å². The van der Waals surface area contributed by atoms with Gasteiger partial charge in [-0.25, -0.2) is 0 Å². The molecule has 0 aromatic rings. The summed E-state index contributed by atoms with van der Waals surface area (Å²) < 4.78 is 0. The van der Waals surface area contributed by atoms with Crippen LogP contribution >= 0.6 is 0 Å². The molecule has 1 heterocycles. The molecular weight excluding hydrogens is 220 g/mol. The van der Waals surface area contributed by atoms with E-state index in [9.17, 15) is 0 Å². The molecule has 2 unspecified atom stereocenters. The van der Waals surface area contributed by atoms with E-state index in [0.29, 0.717) is 11.6 Å². The highest BCUT2D eigenvalue weighted by Crippen LogP contribution is 2.43. The Balaban J connectivity index is 2.14. The first kappa shape index (κ1) is 14.3. The second-order valence-electron chi connectivity index (χ2n) is 7.15. The molecule has 0 spiro atoms. The first-order chi connectivity index (χ1) is 8.50. The van der Waals surface area contributed by atoms with Crippen molar-refractivity contribution in [3.05, 3.63) is 0 Å². The van der Waals surface area contributed by atoms with E-state index in [1.165, 1.54) is 38.8 Å². The van der Waals surface area contributed by atoms with Gasteiger partial charge in [-0.15, -0.1) is 0 Å². The van der Waals surface area contributed by atoms with Crippen molar-refractivity contribution in [1.29, 1.82) is 0 Å². The molecule has 0 aromatic heterocycles. The van der Waals surface area contributed by atoms with Crippen molar-refractivity contribution < 1.29 is 0 Å². The maximum atomic E-state index is 3.78. The topological polar surface area (TPSA) is 15.3 Å². The van der Waals surface area contributed by atoms with Crippen molar-refractivity contribution in [1.82, 2.24) is 10.2 Å². The number of rotatable bonds is 4. The Morgan fingerprint density at radius 2 is 1.83 bits per heavy atom. The third-order valence-corrected chi connectivity index (χ3v) is 5.51. The molecular formula is C16H32N2. The van der Waals surface area contributed by atoms with Crippen LogP contribution in [0, 0.1) is 11.8 Å². The standard InChI is InChI=1S/C16H32N2/c1-6-16(8-7-9-16)18-11-14(12(2)3)17-10-15(18)13(4)5/h12-15,17H,6-11H2,1-5H3. The molecule has 2 nitrogen and oxygen atoms in total. The van der Waals surface area contributed by atoms with E-state index in [1.54, 1.807) is 0 Å². The van der Waals surface area contributed by atoms with Gasteiger partial charge in [0.2, 0.25) is 0 Å². The fraction of sp³-hybridized carbons (Fsp3) is 1.00. The van der Waals surface area contributed by atoms with Crippen LogP contribution < -0.4 is 5.32 Å². The summed E-state index contributed by atoms with van der Waals surface area (Å²) in [6.07, 6.45) is 5.63. The minimum atomic E-state index is 0.546. The summed E-state index contributed by atoms with van der Waals surface area (Å²) in [6, 6.07) is 1.42. The lowest BCUT2D eigenvalue weighted by atomic mass is 9.71. The van der Waals surface area contributed by atoms with Crippen molar-refractivity contribution in [3.63, 3.8) is 0 Å². The Morgan fingerprint density at radius 3 is 2.22 bits per heavy atom. The van der Waals surface area contributed by atoms with Gasteiger partial charge in [-0.1, -0.05) is 34.6 Å². The molecule has 1 saturated carbocycles. The van der Waals surface area contributed by atoms with Crippen LogP contribution in [0.1, 0.15) is 60.3 Å². The molecule has 1 saturated heterocycles. The summed E-state index contributed by atoms with van der Waals surface area (Å²) in [5, 5.41) is 3.78. The van der Waals surface area contributed by atoms with Crippen molar-refractivity contribution in [2.75, 3.05) is 13.1 Å². The van der Waals surface area contributed by atoms with Crippen LogP contribution in [0.5, 0.6) is 0 Å². The SMILES string of the molecule is CCC1(N2CC(C(C)C)NCC2C(C)C)CCC1. The Labute approximate surface area is 114 Å². The molecule has 0 bridgehead atoms. The summed E-state index contributed by atoms with van der Waals surface area (Å²) in [5.41, 5.74) is 0.546. The van der Waals surface area contributed by atoms with Crippen molar-refractivity contribution in [3.8, 4) is 0 Å². The molecule has 0 amide bonds. The Bertz CT molecular complexity index is 263. The van der Waals surface area contributed by atoms with Gasteiger partial charge in [0.25, 0.3) is 0 Å². The molecule has 0 radical (unpaired) electrons. The van der Waals surface area contributed by atoms with E-state index in [2.05, 4.69) is 44.8 Å². The maximum absolute atomic E-state index is 3.78. The van der Waals surface area contributed by atoms with E-state index in [1.807, 2.05) is 0 Å². The fourth-order valence-electron chi connectivity index (χ4n) is 3.81. The zero-order chi connectivity index (χ0) is 13.3. The van der Waals surface area contributed by atoms with Gasteiger partial charge >= 0.3 is 0 Å². The first-order valence-corrected chi connectivity index (χ1v) is 8.00. The second kappa shape index (κ2) is 5.50. The third kappa shape index (κ3) is 2.46. The van der Waals surface area contributed by atoms with Gasteiger partial charge in [0, 0.05) is 30.7 Å². The molecule has 106 valence electrons. The first-order valence-electron chi connectivity index (χ1n) is 8.00. The van der Waals surface area contributed by atoms with Gasteiger partial charge in [-0.3, -0.25) is 4.90 Å². The lowest BCUT2D eigenvalue weighted by molar-refractivity contribution is -0.0608. The van der Waals surface area contributed by atoms with E-state index in [-0.39, 0.29) is 0 Å². The van der Waals surface area contributed by atoms with Crippen LogP contribution in [0.25, 0.3) is 0 Å². The zero-order valence-electron chi connectivity index (χ0n) is 13.0. The average Bonchev–Trinajstić information content (AvgIpc) is 2.27. The summed E-state index contributed by atoms with van der Waals surface area (Å²) >= 11 is 0. The molecule has 2 heteroatoms. The maximum Gasteiger partial charge on any atom is 0.0249 e. The molecule has 1 aliphatic carbocycles. The number of piperazine rings is 1. The van der Waals surface area contributed by atoms with E-state index in [4.69, 9.17) is 0 Å². The minimum Gasteiger partial charge on any atom is -0.311 e. The number of nitrogens with zero attached hydrogens (tertiary/aromatic N) is 1. The second-order valence-corrected chi connectivity index (χ2v) is 7.15. The molecule has 2 atom stereocenters. The highest BCUT2D eigenvalue weighted by Gasteiger charge is 2.46. The fourth-order valence-corrected chi connectivity index (χ4v) is 3.81. The predicted octanol–water partition coefficient (Wildman–Crippen LogP) is 3.27. The number of hydrogen-bond donors (Lipinski definition) is 1. The summed E-state index contributed by atoms with van der Waals surface area (Å²) in [7, 11) is 0. The predicted molar refractivity (Wildman–Crippen MR) is 78.8 cm³/mol. The monoisotopic (exact) mass is 252 g/mol. The summed E-state index contributed by atoms with van der Waals surface area (Å²) in [6.45, 7) is 14.3. The van der Waals surface area contributed by atoms with Gasteiger partial charge in [0.1, 0.15) is 0 Å². The van der Waals surface area contributed by atoms with Crippen LogP contribution in [0.4, 0.5) is 0 Å². The number of nitrogens with one attached hydrogen (secondary N) is 1. The molecule has 2 aliphatic rings. The molecule has 2 fully saturated rings. The van der Waals surface area contributed by atoms with Gasteiger partial charge in [-0.2, -0.15) is 0 Å². The van der Waals surface area contributed by atoms with Gasteiger partial charge in [-0.05, 0) is 37.5 Å². The van der Waals surface area contributed by atoms with E-state index < -0.39 is 0 Å². The molecule has 18 heavy (non-hydrogen) atoms. The average molecular weight is 252 g/mol. The normalized spacial score (nSPS) is 32.8. The smallest absolute Gasteiger partial charge is 0.0249 e.